The third kappa shape index (κ3) is 7.15. The number of benzene rings is 2. The summed E-state index contributed by atoms with van der Waals surface area (Å²) in [6, 6.07) is 16.5. The van der Waals surface area contributed by atoms with Crippen molar-refractivity contribution < 1.29 is 14.6 Å². The SMILES string of the molecule is CCCCOc1ccc(N(C)CCC2(O)CCN(Cc3cccc(OC)c3)CC2)cc1. The Morgan fingerprint density at radius 1 is 1.06 bits per heavy atom. The third-order valence-electron chi connectivity index (χ3n) is 6.28. The molecule has 1 fully saturated rings. The summed E-state index contributed by atoms with van der Waals surface area (Å²) in [4.78, 5) is 4.64. The van der Waals surface area contributed by atoms with E-state index in [0.717, 1.165) is 82.1 Å². The predicted octanol–water partition coefficient (Wildman–Crippen LogP) is 4.73. The zero-order valence-electron chi connectivity index (χ0n) is 19.3. The minimum absolute atomic E-state index is 0.581. The predicted molar refractivity (Wildman–Crippen MR) is 127 cm³/mol. The van der Waals surface area contributed by atoms with Crippen LogP contribution in [0, 0.1) is 0 Å². The van der Waals surface area contributed by atoms with Gasteiger partial charge in [-0.1, -0.05) is 25.5 Å². The molecular weight excluding hydrogens is 388 g/mol. The van der Waals surface area contributed by atoms with E-state index in [4.69, 9.17) is 9.47 Å². The molecule has 1 aliphatic rings. The van der Waals surface area contributed by atoms with Crippen LogP contribution in [0.5, 0.6) is 11.5 Å². The van der Waals surface area contributed by atoms with Gasteiger partial charge in [0.15, 0.2) is 0 Å². The number of nitrogens with zero attached hydrogens (tertiary/aromatic N) is 2. The van der Waals surface area contributed by atoms with Crippen molar-refractivity contribution >= 4 is 5.69 Å². The molecule has 1 heterocycles. The molecule has 1 N–H and O–H groups in total. The van der Waals surface area contributed by atoms with Crippen LogP contribution in [0.2, 0.25) is 0 Å². The summed E-state index contributed by atoms with van der Waals surface area (Å²) in [6.07, 6.45) is 4.63. The zero-order valence-corrected chi connectivity index (χ0v) is 19.3. The second-order valence-corrected chi connectivity index (χ2v) is 8.72. The molecule has 2 aromatic carbocycles. The van der Waals surface area contributed by atoms with E-state index in [2.05, 4.69) is 48.0 Å². The van der Waals surface area contributed by atoms with Crippen molar-refractivity contribution in [1.82, 2.24) is 4.90 Å². The second kappa shape index (κ2) is 11.4. The van der Waals surface area contributed by atoms with E-state index < -0.39 is 5.60 Å². The number of anilines is 1. The van der Waals surface area contributed by atoms with Crippen molar-refractivity contribution in [1.29, 1.82) is 0 Å². The van der Waals surface area contributed by atoms with Gasteiger partial charge in [-0.2, -0.15) is 0 Å². The number of unbranched alkanes of at least 4 members (excludes halogenated alkanes) is 1. The Hall–Kier alpha value is -2.24. The standard InChI is InChI=1S/C26H38N2O3/c1-4-5-19-31-24-11-9-23(10-12-24)27(2)16-13-26(29)14-17-28(18-15-26)21-22-7-6-8-25(20-22)30-3/h6-12,20,29H,4-5,13-19,21H2,1-3H3. The number of likely N-dealkylation sites (tertiary alicyclic amines) is 1. The molecule has 31 heavy (non-hydrogen) atoms. The molecule has 0 atom stereocenters. The quantitative estimate of drug-likeness (QED) is 0.527. The van der Waals surface area contributed by atoms with Gasteiger partial charge in [-0.05, 0) is 67.6 Å². The van der Waals surface area contributed by atoms with E-state index >= 15 is 0 Å². The van der Waals surface area contributed by atoms with Crippen molar-refractivity contribution in [2.75, 3.05) is 45.3 Å². The number of methoxy groups -OCH3 is 1. The Balaban J connectivity index is 1.43. The Bertz CT molecular complexity index is 785. The minimum Gasteiger partial charge on any atom is -0.497 e. The highest BCUT2D eigenvalue weighted by molar-refractivity contribution is 5.48. The van der Waals surface area contributed by atoms with Crippen molar-refractivity contribution in [3.05, 3.63) is 54.1 Å². The van der Waals surface area contributed by atoms with Gasteiger partial charge >= 0.3 is 0 Å². The molecule has 0 unspecified atom stereocenters. The molecule has 0 spiro atoms. The Morgan fingerprint density at radius 2 is 1.81 bits per heavy atom. The highest BCUT2D eigenvalue weighted by Gasteiger charge is 2.32. The summed E-state index contributed by atoms with van der Waals surface area (Å²) < 4.78 is 11.1. The number of piperidine rings is 1. The fourth-order valence-electron chi connectivity index (χ4n) is 4.04. The fourth-order valence-corrected chi connectivity index (χ4v) is 4.04. The smallest absolute Gasteiger partial charge is 0.119 e. The first-order valence-electron chi connectivity index (χ1n) is 11.5. The molecule has 3 rings (SSSR count). The van der Waals surface area contributed by atoms with Crippen molar-refractivity contribution in [2.24, 2.45) is 0 Å². The summed E-state index contributed by atoms with van der Waals surface area (Å²) in [5.74, 6) is 1.82. The lowest BCUT2D eigenvalue weighted by atomic mass is 9.88. The van der Waals surface area contributed by atoms with Crippen molar-refractivity contribution in [2.45, 2.75) is 51.2 Å². The molecule has 0 saturated carbocycles. The topological polar surface area (TPSA) is 45.2 Å². The van der Waals surface area contributed by atoms with Crippen molar-refractivity contribution in [3.63, 3.8) is 0 Å². The van der Waals surface area contributed by atoms with Gasteiger partial charge < -0.3 is 19.5 Å². The Kier molecular flexibility index (Phi) is 8.61. The zero-order chi connectivity index (χ0) is 22.1. The average molecular weight is 427 g/mol. The molecular formula is C26H38N2O3. The molecule has 170 valence electrons. The largest absolute Gasteiger partial charge is 0.497 e. The van der Waals surface area contributed by atoms with Gasteiger partial charge in [-0.25, -0.2) is 0 Å². The molecule has 0 aromatic heterocycles. The first-order valence-corrected chi connectivity index (χ1v) is 11.5. The van der Waals surface area contributed by atoms with E-state index in [1.165, 1.54) is 5.56 Å². The van der Waals surface area contributed by atoms with E-state index in [1.54, 1.807) is 7.11 Å². The monoisotopic (exact) mass is 426 g/mol. The van der Waals surface area contributed by atoms with Crippen LogP contribution < -0.4 is 14.4 Å². The normalized spacial score (nSPS) is 16.1. The van der Waals surface area contributed by atoms with E-state index in [1.807, 2.05) is 24.3 Å². The number of rotatable bonds is 11. The first kappa shape index (κ1) is 23.4. The van der Waals surface area contributed by atoms with Crippen LogP contribution in [0.4, 0.5) is 5.69 Å². The molecule has 0 bridgehead atoms. The maximum absolute atomic E-state index is 11.1. The van der Waals surface area contributed by atoms with Gasteiger partial charge in [0, 0.05) is 38.9 Å². The third-order valence-corrected chi connectivity index (χ3v) is 6.28. The lowest BCUT2D eigenvalue weighted by Gasteiger charge is -2.39. The molecule has 5 heteroatoms. The van der Waals surface area contributed by atoms with Gasteiger partial charge in [0.05, 0.1) is 19.3 Å². The maximum Gasteiger partial charge on any atom is 0.119 e. The van der Waals surface area contributed by atoms with E-state index in [9.17, 15) is 5.11 Å². The van der Waals surface area contributed by atoms with Gasteiger partial charge in [0.1, 0.15) is 11.5 Å². The van der Waals surface area contributed by atoms with Gasteiger partial charge in [-0.3, -0.25) is 4.90 Å². The average Bonchev–Trinajstić information content (AvgIpc) is 2.80. The Labute approximate surface area is 187 Å². The number of ether oxygens (including phenoxy) is 2. The molecule has 5 nitrogen and oxygen atoms in total. The van der Waals surface area contributed by atoms with Crippen LogP contribution in [0.15, 0.2) is 48.5 Å². The van der Waals surface area contributed by atoms with Crippen LogP contribution in [0.25, 0.3) is 0 Å². The fraction of sp³-hybridized carbons (Fsp3) is 0.538. The summed E-state index contributed by atoms with van der Waals surface area (Å²) in [6.45, 7) is 6.51. The molecule has 2 aromatic rings. The summed E-state index contributed by atoms with van der Waals surface area (Å²) in [5, 5.41) is 11.1. The van der Waals surface area contributed by atoms with Crippen LogP contribution >= 0.6 is 0 Å². The van der Waals surface area contributed by atoms with Crippen LogP contribution in [-0.4, -0.2) is 56.0 Å². The maximum atomic E-state index is 11.1. The van der Waals surface area contributed by atoms with E-state index in [-0.39, 0.29) is 0 Å². The molecule has 1 aliphatic heterocycles. The number of hydrogen-bond donors (Lipinski definition) is 1. The van der Waals surface area contributed by atoms with Crippen LogP contribution in [0.3, 0.4) is 0 Å². The second-order valence-electron chi connectivity index (χ2n) is 8.72. The summed E-state index contributed by atoms with van der Waals surface area (Å²) >= 11 is 0. The Morgan fingerprint density at radius 3 is 2.48 bits per heavy atom. The number of hydrogen-bond acceptors (Lipinski definition) is 5. The molecule has 1 saturated heterocycles. The highest BCUT2D eigenvalue weighted by Crippen LogP contribution is 2.28. The highest BCUT2D eigenvalue weighted by atomic mass is 16.5. The summed E-state index contributed by atoms with van der Waals surface area (Å²) in [7, 11) is 3.79. The van der Waals surface area contributed by atoms with Crippen molar-refractivity contribution in [3.8, 4) is 11.5 Å². The lowest BCUT2D eigenvalue weighted by Crippen LogP contribution is -2.45. The summed E-state index contributed by atoms with van der Waals surface area (Å²) in [5.41, 5.74) is 1.83. The first-order chi connectivity index (χ1) is 15.0. The minimum atomic E-state index is -0.581. The number of aliphatic hydroxyl groups is 1. The van der Waals surface area contributed by atoms with Crippen LogP contribution in [0.1, 0.15) is 44.6 Å². The van der Waals surface area contributed by atoms with Gasteiger partial charge in [0.2, 0.25) is 0 Å². The molecule has 0 aliphatic carbocycles. The molecule has 0 radical (unpaired) electrons. The molecule has 0 amide bonds. The van der Waals surface area contributed by atoms with E-state index in [0.29, 0.717) is 0 Å². The van der Waals surface area contributed by atoms with Crippen LogP contribution in [-0.2, 0) is 6.54 Å². The van der Waals surface area contributed by atoms with Gasteiger partial charge in [-0.15, -0.1) is 0 Å². The van der Waals surface area contributed by atoms with Gasteiger partial charge in [0.25, 0.3) is 0 Å². The lowest BCUT2D eigenvalue weighted by molar-refractivity contribution is -0.0275.